The third-order valence-corrected chi connectivity index (χ3v) is 6.50. The van der Waals surface area contributed by atoms with Gasteiger partial charge in [0.05, 0.1) is 10.5 Å². The summed E-state index contributed by atoms with van der Waals surface area (Å²) in [6.45, 7) is 5.50. The molecule has 0 N–H and O–H groups in total. The van der Waals surface area contributed by atoms with Gasteiger partial charge in [-0.25, -0.2) is 8.42 Å². The predicted octanol–water partition coefficient (Wildman–Crippen LogP) is 2.77. The topological polar surface area (TPSA) is 64.4 Å². The van der Waals surface area contributed by atoms with Gasteiger partial charge < -0.3 is 4.90 Å². The highest BCUT2D eigenvalue weighted by Crippen LogP contribution is 2.26. The highest BCUT2D eigenvalue weighted by atomic mass is 32.2. The highest BCUT2D eigenvalue weighted by Gasteiger charge is 2.33. The predicted molar refractivity (Wildman–Crippen MR) is 97.9 cm³/mol. The van der Waals surface area contributed by atoms with Crippen LogP contribution in [0, 0.1) is 18.3 Å². The van der Waals surface area contributed by atoms with Crippen LogP contribution in [0.25, 0.3) is 0 Å². The van der Waals surface area contributed by atoms with Gasteiger partial charge in [0, 0.05) is 31.4 Å². The molecule has 0 aliphatic carbocycles. The van der Waals surface area contributed by atoms with Crippen molar-refractivity contribution in [2.24, 2.45) is 0 Å². The van der Waals surface area contributed by atoms with Gasteiger partial charge in [0.25, 0.3) is 0 Å². The first kappa shape index (κ1) is 17.5. The summed E-state index contributed by atoms with van der Waals surface area (Å²) < 4.78 is 27.4. The van der Waals surface area contributed by atoms with E-state index in [9.17, 15) is 13.7 Å². The maximum Gasteiger partial charge on any atom is 0.244 e. The van der Waals surface area contributed by atoms with E-state index in [4.69, 9.17) is 0 Å². The molecule has 1 heterocycles. The fourth-order valence-electron chi connectivity index (χ4n) is 3.19. The summed E-state index contributed by atoms with van der Waals surface area (Å²) in [4.78, 5) is 2.32. The van der Waals surface area contributed by atoms with Gasteiger partial charge in [-0.1, -0.05) is 29.8 Å². The molecule has 1 saturated heterocycles. The van der Waals surface area contributed by atoms with Crippen molar-refractivity contribution in [3.05, 3.63) is 59.7 Å². The molecule has 0 saturated carbocycles. The highest BCUT2D eigenvalue weighted by molar-refractivity contribution is 7.89. The lowest BCUT2D eigenvalue weighted by Crippen LogP contribution is -2.53. The number of piperazine rings is 1. The van der Waals surface area contributed by atoms with Crippen LogP contribution in [-0.4, -0.2) is 38.4 Å². The lowest BCUT2D eigenvalue weighted by atomic mass is 10.1. The molecule has 0 aromatic heterocycles. The molecule has 130 valence electrons. The zero-order valence-corrected chi connectivity index (χ0v) is 15.2. The Morgan fingerprint density at radius 2 is 1.76 bits per heavy atom. The van der Waals surface area contributed by atoms with Gasteiger partial charge in [-0.3, -0.25) is 0 Å². The number of hydrogen-bond acceptors (Lipinski definition) is 4. The van der Waals surface area contributed by atoms with Crippen LogP contribution in [0.5, 0.6) is 0 Å². The number of benzene rings is 2. The fourth-order valence-corrected chi connectivity index (χ4v) is 4.84. The van der Waals surface area contributed by atoms with Crippen LogP contribution in [0.3, 0.4) is 0 Å². The second-order valence-corrected chi connectivity index (χ2v) is 8.26. The van der Waals surface area contributed by atoms with Gasteiger partial charge in [-0.2, -0.15) is 9.57 Å². The molecule has 2 aromatic carbocycles. The molecule has 1 atom stereocenters. The van der Waals surface area contributed by atoms with E-state index in [1.165, 1.54) is 15.9 Å². The summed E-state index contributed by atoms with van der Waals surface area (Å²) in [6.07, 6.45) is 0. The molecule has 0 amide bonds. The van der Waals surface area contributed by atoms with Crippen LogP contribution >= 0.6 is 0 Å². The Morgan fingerprint density at radius 3 is 2.40 bits per heavy atom. The van der Waals surface area contributed by atoms with Crippen LogP contribution in [-0.2, 0) is 10.0 Å². The van der Waals surface area contributed by atoms with Crippen molar-refractivity contribution in [2.75, 3.05) is 24.5 Å². The monoisotopic (exact) mass is 355 g/mol. The summed E-state index contributed by atoms with van der Waals surface area (Å²) >= 11 is 0. The molecule has 0 bridgehead atoms. The third kappa shape index (κ3) is 3.39. The van der Waals surface area contributed by atoms with Crippen molar-refractivity contribution in [1.29, 1.82) is 5.26 Å². The summed E-state index contributed by atoms with van der Waals surface area (Å²) in [6, 6.07) is 16.7. The minimum absolute atomic E-state index is 0.0560. The quantitative estimate of drug-likeness (QED) is 0.849. The molecule has 1 fully saturated rings. The van der Waals surface area contributed by atoms with Gasteiger partial charge in [-0.15, -0.1) is 0 Å². The molecule has 3 rings (SSSR count). The molecular formula is C19H21N3O2S. The Labute approximate surface area is 149 Å². The van der Waals surface area contributed by atoms with Crippen molar-refractivity contribution < 1.29 is 8.42 Å². The minimum atomic E-state index is -3.67. The van der Waals surface area contributed by atoms with E-state index in [0.717, 1.165) is 5.69 Å². The largest absolute Gasteiger partial charge is 0.366 e. The van der Waals surface area contributed by atoms with E-state index < -0.39 is 10.0 Å². The molecule has 1 aliphatic rings. The van der Waals surface area contributed by atoms with Crippen molar-refractivity contribution in [1.82, 2.24) is 4.31 Å². The van der Waals surface area contributed by atoms with Crippen molar-refractivity contribution in [3.63, 3.8) is 0 Å². The molecule has 25 heavy (non-hydrogen) atoms. The third-order valence-electron chi connectivity index (χ3n) is 4.58. The molecule has 2 aromatic rings. The van der Waals surface area contributed by atoms with Crippen molar-refractivity contribution in [3.8, 4) is 6.07 Å². The first-order chi connectivity index (χ1) is 11.9. The SMILES string of the molecule is Cc1ccc(N2CCN(S(=O)(=O)c3ccccc3C#N)CC2C)cc1. The zero-order chi connectivity index (χ0) is 18.0. The van der Waals surface area contributed by atoms with E-state index >= 15 is 0 Å². The number of nitrogens with zero attached hydrogens (tertiary/aromatic N) is 3. The molecule has 1 aliphatic heterocycles. The zero-order valence-electron chi connectivity index (χ0n) is 14.4. The minimum Gasteiger partial charge on any atom is -0.366 e. The standard InChI is InChI=1S/C19H21N3O2S/c1-15-7-9-18(10-8-15)22-12-11-21(14-16(22)2)25(23,24)19-6-4-3-5-17(19)13-20/h3-10,16H,11-12,14H2,1-2H3. The molecule has 0 spiro atoms. The van der Waals surface area contributed by atoms with E-state index in [-0.39, 0.29) is 16.5 Å². The number of rotatable bonds is 3. The maximum absolute atomic E-state index is 13.0. The number of sulfonamides is 1. The van der Waals surface area contributed by atoms with Gasteiger partial charge in [0.2, 0.25) is 10.0 Å². The summed E-state index contributed by atoms with van der Waals surface area (Å²) in [7, 11) is -3.67. The number of anilines is 1. The fraction of sp³-hybridized carbons (Fsp3) is 0.316. The van der Waals surface area contributed by atoms with Crippen LogP contribution in [0.2, 0.25) is 0 Å². The molecular weight excluding hydrogens is 334 g/mol. The van der Waals surface area contributed by atoms with E-state index in [1.54, 1.807) is 18.2 Å². The second-order valence-electron chi connectivity index (χ2n) is 6.35. The maximum atomic E-state index is 13.0. The van der Waals surface area contributed by atoms with Gasteiger partial charge in [0.1, 0.15) is 6.07 Å². The Bertz CT molecular complexity index is 901. The van der Waals surface area contributed by atoms with Crippen molar-refractivity contribution in [2.45, 2.75) is 24.8 Å². The summed E-state index contributed by atoms with van der Waals surface area (Å²) in [5.74, 6) is 0. The van der Waals surface area contributed by atoms with E-state index in [1.807, 2.05) is 19.9 Å². The van der Waals surface area contributed by atoms with E-state index in [2.05, 4.69) is 29.2 Å². The molecule has 5 nitrogen and oxygen atoms in total. The lowest BCUT2D eigenvalue weighted by molar-refractivity contribution is 0.342. The number of nitriles is 1. The molecule has 6 heteroatoms. The average molecular weight is 355 g/mol. The van der Waals surface area contributed by atoms with Gasteiger partial charge in [0.15, 0.2) is 0 Å². The Hall–Kier alpha value is -2.36. The Balaban J connectivity index is 1.83. The average Bonchev–Trinajstić information content (AvgIpc) is 2.62. The summed E-state index contributed by atoms with van der Waals surface area (Å²) in [5, 5.41) is 9.20. The van der Waals surface area contributed by atoms with Crippen molar-refractivity contribution >= 4 is 15.7 Å². The smallest absolute Gasteiger partial charge is 0.244 e. The number of aryl methyl sites for hydroxylation is 1. The van der Waals surface area contributed by atoms with Gasteiger partial charge >= 0.3 is 0 Å². The molecule has 1 unspecified atom stereocenters. The van der Waals surface area contributed by atoms with Crippen LogP contribution < -0.4 is 4.90 Å². The van der Waals surface area contributed by atoms with Crippen LogP contribution in [0.15, 0.2) is 53.4 Å². The lowest BCUT2D eigenvalue weighted by Gasteiger charge is -2.40. The van der Waals surface area contributed by atoms with Gasteiger partial charge in [-0.05, 0) is 38.1 Å². The first-order valence-electron chi connectivity index (χ1n) is 8.26. The Morgan fingerprint density at radius 1 is 1.08 bits per heavy atom. The normalized spacial score (nSPS) is 18.8. The summed E-state index contributed by atoms with van der Waals surface area (Å²) in [5.41, 5.74) is 2.49. The first-order valence-corrected chi connectivity index (χ1v) is 9.70. The Kier molecular flexibility index (Phi) is 4.80. The molecule has 0 radical (unpaired) electrons. The second kappa shape index (κ2) is 6.87. The van der Waals surface area contributed by atoms with E-state index in [0.29, 0.717) is 19.6 Å². The van der Waals surface area contributed by atoms with Crippen LogP contribution in [0.1, 0.15) is 18.1 Å². The number of hydrogen-bond donors (Lipinski definition) is 0. The van der Waals surface area contributed by atoms with Crippen LogP contribution in [0.4, 0.5) is 5.69 Å².